The Kier molecular flexibility index (Phi) is 3.53. The van der Waals surface area contributed by atoms with Gasteiger partial charge in [0.15, 0.2) is 5.09 Å². The highest BCUT2D eigenvalue weighted by molar-refractivity contribution is 7.99. The molecule has 1 saturated heterocycles. The number of urea groups is 1. The molecule has 0 saturated carbocycles. The number of furan rings is 1. The van der Waals surface area contributed by atoms with E-state index in [-0.39, 0.29) is 11.6 Å². The van der Waals surface area contributed by atoms with E-state index in [1.165, 1.54) is 24.9 Å². The highest BCUT2D eigenvalue weighted by Crippen LogP contribution is 2.29. The van der Waals surface area contributed by atoms with Crippen molar-refractivity contribution in [3.63, 3.8) is 0 Å². The van der Waals surface area contributed by atoms with Crippen LogP contribution in [0, 0.1) is 0 Å². The van der Waals surface area contributed by atoms with E-state index >= 15 is 0 Å². The standard InChI is InChI=1S/C15H12N2O3S/c1-17-14(18)12(16-15(17)19)9-10-7-8-13(20-10)21-11-5-3-2-4-6-11/h2-9H,1H3,(H,16,19)/b12-9+. The molecule has 5 nitrogen and oxygen atoms in total. The van der Waals surface area contributed by atoms with Gasteiger partial charge in [0.1, 0.15) is 11.5 Å². The molecule has 0 atom stereocenters. The lowest BCUT2D eigenvalue weighted by atomic mass is 10.3. The summed E-state index contributed by atoms with van der Waals surface area (Å²) in [6.07, 6.45) is 1.53. The molecular weight excluding hydrogens is 288 g/mol. The van der Waals surface area contributed by atoms with E-state index in [1.807, 2.05) is 36.4 Å². The molecule has 1 aromatic carbocycles. The number of carbonyl (C=O) groups is 2. The van der Waals surface area contributed by atoms with E-state index in [1.54, 1.807) is 6.07 Å². The molecular formula is C15H12N2O3S. The van der Waals surface area contributed by atoms with Gasteiger partial charge in [-0.1, -0.05) is 30.0 Å². The van der Waals surface area contributed by atoms with Gasteiger partial charge in [-0.2, -0.15) is 0 Å². The second kappa shape index (κ2) is 5.49. The van der Waals surface area contributed by atoms with Gasteiger partial charge >= 0.3 is 6.03 Å². The maximum absolute atomic E-state index is 11.7. The summed E-state index contributed by atoms with van der Waals surface area (Å²) in [7, 11) is 1.43. The number of nitrogens with zero attached hydrogens (tertiary/aromatic N) is 1. The molecule has 1 fully saturated rings. The minimum atomic E-state index is -0.434. The van der Waals surface area contributed by atoms with E-state index < -0.39 is 6.03 Å². The summed E-state index contributed by atoms with van der Waals surface area (Å²) in [5.74, 6) is 0.154. The fourth-order valence-electron chi connectivity index (χ4n) is 1.84. The first kappa shape index (κ1) is 13.5. The Balaban J connectivity index is 1.77. The van der Waals surface area contributed by atoms with Crippen molar-refractivity contribution in [2.24, 2.45) is 0 Å². The molecule has 21 heavy (non-hydrogen) atoms. The third-order valence-corrected chi connectivity index (χ3v) is 3.86. The van der Waals surface area contributed by atoms with Crippen LogP contribution in [0.25, 0.3) is 6.08 Å². The van der Waals surface area contributed by atoms with Gasteiger partial charge in [-0.25, -0.2) is 4.79 Å². The molecule has 2 heterocycles. The summed E-state index contributed by atoms with van der Waals surface area (Å²) in [6.45, 7) is 0. The first-order chi connectivity index (χ1) is 10.1. The van der Waals surface area contributed by atoms with E-state index in [0.29, 0.717) is 5.76 Å². The van der Waals surface area contributed by atoms with Crippen LogP contribution in [0.1, 0.15) is 5.76 Å². The number of likely N-dealkylation sites (N-methyl/N-ethyl adjacent to an activating group) is 1. The smallest absolute Gasteiger partial charge is 0.328 e. The maximum Gasteiger partial charge on any atom is 0.328 e. The Hall–Kier alpha value is -2.47. The average molecular weight is 300 g/mol. The Bertz CT molecular complexity index is 722. The largest absolute Gasteiger partial charge is 0.450 e. The third-order valence-electron chi connectivity index (χ3n) is 2.93. The molecule has 1 N–H and O–H groups in total. The van der Waals surface area contributed by atoms with E-state index in [9.17, 15) is 9.59 Å². The van der Waals surface area contributed by atoms with E-state index in [4.69, 9.17) is 4.42 Å². The zero-order valence-corrected chi connectivity index (χ0v) is 12.0. The molecule has 1 aromatic heterocycles. The van der Waals surface area contributed by atoms with Crippen molar-refractivity contribution in [1.82, 2.24) is 10.2 Å². The number of rotatable bonds is 3. The van der Waals surface area contributed by atoms with Gasteiger partial charge in [-0.3, -0.25) is 9.69 Å². The number of carbonyl (C=O) groups excluding carboxylic acids is 2. The summed E-state index contributed by atoms with van der Waals surface area (Å²) < 4.78 is 5.63. The number of benzene rings is 1. The van der Waals surface area contributed by atoms with Crippen molar-refractivity contribution in [1.29, 1.82) is 0 Å². The molecule has 1 aliphatic rings. The van der Waals surface area contributed by atoms with Gasteiger partial charge in [-0.05, 0) is 24.3 Å². The van der Waals surface area contributed by atoms with Crippen molar-refractivity contribution in [3.05, 3.63) is 53.9 Å². The van der Waals surface area contributed by atoms with Crippen molar-refractivity contribution in [2.75, 3.05) is 7.05 Å². The Labute approximate surface area is 125 Å². The van der Waals surface area contributed by atoms with Crippen LogP contribution in [-0.2, 0) is 4.79 Å². The van der Waals surface area contributed by atoms with Crippen LogP contribution in [-0.4, -0.2) is 23.9 Å². The molecule has 3 amide bonds. The van der Waals surface area contributed by atoms with Crippen molar-refractivity contribution >= 4 is 29.8 Å². The third kappa shape index (κ3) is 2.85. The molecule has 0 bridgehead atoms. The van der Waals surface area contributed by atoms with Crippen LogP contribution in [0.15, 0.2) is 62.6 Å². The lowest BCUT2D eigenvalue weighted by Crippen LogP contribution is -2.25. The summed E-state index contributed by atoms with van der Waals surface area (Å²) in [4.78, 5) is 25.2. The second-order valence-electron chi connectivity index (χ2n) is 4.42. The molecule has 0 unspecified atom stereocenters. The molecule has 3 rings (SSSR count). The van der Waals surface area contributed by atoms with Crippen molar-refractivity contribution in [3.8, 4) is 0 Å². The first-order valence-electron chi connectivity index (χ1n) is 6.27. The van der Waals surface area contributed by atoms with Gasteiger partial charge in [0.2, 0.25) is 0 Å². The molecule has 0 spiro atoms. The minimum Gasteiger partial charge on any atom is -0.450 e. The van der Waals surface area contributed by atoms with Crippen LogP contribution in [0.4, 0.5) is 4.79 Å². The SMILES string of the molecule is CN1C(=O)N/C(=C/c2ccc(Sc3ccccc3)o2)C1=O. The van der Waals surface area contributed by atoms with Crippen LogP contribution in [0.3, 0.4) is 0 Å². The predicted molar refractivity (Wildman–Crippen MR) is 78.6 cm³/mol. The van der Waals surface area contributed by atoms with Crippen molar-refractivity contribution < 1.29 is 14.0 Å². The monoisotopic (exact) mass is 300 g/mol. The summed E-state index contributed by atoms with van der Waals surface area (Å²) >= 11 is 1.49. The number of imide groups is 1. The molecule has 0 radical (unpaired) electrons. The maximum atomic E-state index is 11.7. The predicted octanol–water partition coefficient (Wildman–Crippen LogP) is 2.95. The Morgan fingerprint density at radius 1 is 1.14 bits per heavy atom. The van der Waals surface area contributed by atoms with Gasteiger partial charge in [0.05, 0.1) is 0 Å². The Morgan fingerprint density at radius 2 is 1.90 bits per heavy atom. The summed E-state index contributed by atoms with van der Waals surface area (Å²) in [6, 6.07) is 13.0. The average Bonchev–Trinajstić information content (AvgIpc) is 3.01. The summed E-state index contributed by atoms with van der Waals surface area (Å²) in [5, 5.41) is 3.21. The Morgan fingerprint density at radius 3 is 2.57 bits per heavy atom. The van der Waals surface area contributed by atoms with Crippen LogP contribution >= 0.6 is 11.8 Å². The van der Waals surface area contributed by atoms with Gasteiger partial charge in [0.25, 0.3) is 5.91 Å². The van der Waals surface area contributed by atoms with Gasteiger partial charge in [-0.15, -0.1) is 0 Å². The highest BCUT2D eigenvalue weighted by atomic mass is 32.2. The molecule has 6 heteroatoms. The fraction of sp³-hybridized carbons (Fsp3) is 0.0667. The number of hydrogen-bond donors (Lipinski definition) is 1. The van der Waals surface area contributed by atoms with E-state index in [0.717, 1.165) is 14.9 Å². The van der Waals surface area contributed by atoms with Crippen molar-refractivity contribution in [2.45, 2.75) is 9.99 Å². The molecule has 2 aromatic rings. The topological polar surface area (TPSA) is 62.6 Å². The van der Waals surface area contributed by atoms with Gasteiger partial charge in [0, 0.05) is 18.0 Å². The molecule has 0 aliphatic carbocycles. The summed E-state index contributed by atoms with van der Waals surface area (Å²) in [5.41, 5.74) is 0.216. The molecule has 1 aliphatic heterocycles. The van der Waals surface area contributed by atoms with Crippen LogP contribution < -0.4 is 5.32 Å². The fourth-order valence-corrected chi connectivity index (χ4v) is 2.64. The van der Waals surface area contributed by atoms with E-state index in [2.05, 4.69) is 5.32 Å². The zero-order chi connectivity index (χ0) is 14.8. The molecule has 106 valence electrons. The van der Waals surface area contributed by atoms with Crippen LogP contribution in [0.2, 0.25) is 0 Å². The first-order valence-corrected chi connectivity index (χ1v) is 7.08. The minimum absolute atomic E-state index is 0.216. The lowest BCUT2D eigenvalue weighted by molar-refractivity contribution is -0.121. The highest BCUT2D eigenvalue weighted by Gasteiger charge is 2.30. The van der Waals surface area contributed by atoms with Crippen LogP contribution in [0.5, 0.6) is 0 Å². The van der Waals surface area contributed by atoms with Gasteiger partial charge < -0.3 is 9.73 Å². The second-order valence-corrected chi connectivity index (χ2v) is 5.50. The normalized spacial score (nSPS) is 16.6. The lowest BCUT2D eigenvalue weighted by Gasteiger charge is -1.99. The number of amides is 3. The number of hydrogen-bond acceptors (Lipinski definition) is 4. The quantitative estimate of drug-likeness (QED) is 0.699. The zero-order valence-electron chi connectivity index (χ0n) is 11.2. The number of nitrogens with one attached hydrogen (secondary N) is 1.